The molecule has 2 aromatic heterocycles. The number of rotatable bonds is 10. The number of halogens is 2. The van der Waals surface area contributed by atoms with Crippen LogP contribution < -0.4 is 14.2 Å². The Balaban J connectivity index is 0.977. The third-order valence-electron chi connectivity index (χ3n) is 12.1. The smallest absolute Gasteiger partial charge is 0.237 e. The number of hydrogen-bond acceptors (Lipinski definition) is 11. The van der Waals surface area contributed by atoms with Gasteiger partial charge in [0.05, 0.1) is 48.1 Å². The number of β-amino-alcohol motifs (C(OH)–C–C–N with tert-alkyl or cyclic N) is 1. The molecule has 0 bridgehead atoms. The van der Waals surface area contributed by atoms with Gasteiger partial charge in [-0.15, -0.1) is 0 Å². The van der Waals surface area contributed by atoms with Gasteiger partial charge < -0.3 is 19.0 Å². The second-order valence-electron chi connectivity index (χ2n) is 15.9. The second-order valence-corrected chi connectivity index (χ2v) is 18.4. The minimum atomic E-state index is -3.65. The van der Waals surface area contributed by atoms with Gasteiger partial charge in [0.15, 0.2) is 5.58 Å². The summed E-state index contributed by atoms with van der Waals surface area (Å²) in [6.45, 7) is 11.2. The van der Waals surface area contributed by atoms with Crippen LogP contribution in [-0.4, -0.2) is 84.8 Å². The number of fused-ring (bicyclic) bond motifs is 3. The number of nitrogens with one attached hydrogen (secondary N) is 1. The van der Waals surface area contributed by atoms with Crippen molar-refractivity contribution in [2.75, 3.05) is 39.5 Å². The van der Waals surface area contributed by atoms with Crippen molar-refractivity contribution in [2.24, 2.45) is 5.92 Å². The zero-order chi connectivity index (χ0) is 41.2. The topological polar surface area (TPSA) is 152 Å². The first-order chi connectivity index (χ1) is 28.4. The normalized spacial score (nSPS) is 21.8. The van der Waals surface area contributed by atoms with E-state index in [9.17, 15) is 18.3 Å². The Morgan fingerprint density at radius 3 is 2.53 bits per heavy atom. The van der Waals surface area contributed by atoms with Gasteiger partial charge in [-0.2, -0.15) is 4.98 Å². The molecule has 13 nitrogen and oxygen atoms in total. The predicted octanol–water partition coefficient (Wildman–Crippen LogP) is 7.44. The summed E-state index contributed by atoms with van der Waals surface area (Å²) in [6.07, 6.45) is 4.53. The van der Waals surface area contributed by atoms with Crippen LogP contribution in [0.3, 0.4) is 0 Å². The highest BCUT2D eigenvalue weighted by molar-refractivity contribution is 7.89. The number of likely N-dealkylation sites (tertiary alicyclic amines) is 2. The summed E-state index contributed by atoms with van der Waals surface area (Å²) < 4.78 is 44.0. The molecule has 4 heterocycles. The van der Waals surface area contributed by atoms with Crippen LogP contribution in [0.15, 0.2) is 52.9 Å². The molecule has 0 spiro atoms. The van der Waals surface area contributed by atoms with E-state index in [1.165, 1.54) is 0 Å². The van der Waals surface area contributed by atoms with Crippen LogP contribution in [0.5, 0.6) is 11.8 Å². The van der Waals surface area contributed by atoms with Crippen molar-refractivity contribution in [3.63, 3.8) is 0 Å². The number of ether oxygens (including phenoxy) is 2. The van der Waals surface area contributed by atoms with E-state index in [0.29, 0.717) is 95.5 Å². The summed E-state index contributed by atoms with van der Waals surface area (Å²) >= 11 is 14.0. The zero-order valence-electron chi connectivity index (χ0n) is 32.5. The van der Waals surface area contributed by atoms with Crippen molar-refractivity contribution in [1.82, 2.24) is 24.5 Å². The standard InChI is InChI=1S/C43H42Cl2N6O7S/c1-46-38-30-10-12-35(51-17-14-23(21-51)40(53)49-59(3,54)55)32(30)19-34-39(38)58-42(47-34)31-9-5-8-29(37(31)45)26-6-4-7-28-27(26)11-13-36(28)57-43-33(44)18-24(41(48-43)56-2)20-50-16-15-25(52)22-50/h4-9,18-19,23,25,35-36,52H,10-17,20-22H2,2-3H3,(H,49,53)/t23-,25-,35-,36+/m1/s1. The fraction of sp³-hybridized carbons (Fsp3) is 0.395. The van der Waals surface area contributed by atoms with E-state index in [2.05, 4.69) is 30.4 Å². The molecule has 2 aliphatic carbocycles. The van der Waals surface area contributed by atoms with Gasteiger partial charge in [0.25, 0.3) is 0 Å². The lowest BCUT2D eigenvalue weighted by molar-refractivity contribution is -0.122. The minimum Gasteiger partial charge on any atom is -0.481 e. The van der Waals surface area contributed by atoms with Gasteiger partial charge in [0.1, 0.15) is 11.1 Å². The molecule has 2 fully saturated rings. The number of aliphatic hydroxyl groups excluding tert-OH is 1. The monoisotopic (exact) mass is 856 g/mol. The lowest BCUT2D eigenvalue weighted by Crippen LogP contribution is -2.36. The summed E-state index contributed by atoms with van der Waals surface area (Å²) in [5.41, 5.74) is 8.62. The molecule has 5 aromatic rings. The summed E-state index contributed by atoms with van der Waals surface area (Å²) in [6, 6.07) is 15.6. The number of amides is 1. The van der Waals surface area contributed by atoms with Crippen LogP contribution in [0.1, 0.15) is 65.6 Å². The fourth-order valence-corrected chi connectivity index (χ4v) is 10.4. The van der Waals surface area contributed by atoms with Crippen molar-refractivity contribution < 1.29 is 32.2 Å². The number of carbonyl (C=O) groups is 1. The molecule has 16 heteroatoms. The van der Waals surface area contributed by atoms with E-state index in [1.54, 1.807) is 7.11 Å². The number of carbonyl (C=O) groups excluding carboxylic acids is 1. The van der Waals surface area contributed by atoms with Crippen LogP contribution in [-0.2, 0) is 34.2 Å². The van der Waals surface area contributed by atoms with E-state index in [1.807, 2.05) is 42.5 Å². The minimum absolute atomic E-state index is 0.0326. The summed E-state index contributed by atoms with van der Waals surface area (Å²) in [5, 5.41) is 10.8. The highest BCUT2D eigenvalue weighted by Crippen LogP contribution is 2.48. The molecule has 0 saturated carbocycles. The Labute approximate surface area is 352 Å². The molecular formula is C43H42Cl2N6O7S. The molecule has 3 aromatic carbocycles. The number of sulfonamides is 1. The highest BCUT2D eigenvalue weighted by atomic mass is 35.5. The van der Waals surface area contributed by atoms with Crippen LogP contribution in [0, 0.1) is 12.5 Å². The lowest BCUT2D eigenvalue weighted by Gasteiger charge is -2.25. The Kier molecular flexibility index (Phi) is 10.6. The van der Waals surface area contributed by atoms with Gasteiger partial charge in [0, 0.05) is 43.3 Å². The first-order valence-electron chi connectivity index (χ1n) is 19.7. The third kappa shape index (κ3) is 7.53. The largest absolute Gasteiger partial charge is 0.481 e. The van der Waals surface area contributed by atoms with Crippen molar-refractivity contribution >= 4 is 55.9 Å². The Bertz CT molecular complexity index is 2670. The van der Waals surface area contributed by atoms with Crippen molar-refractivity contribution in [2.45, 2.75) is 63.3 Å². The molecule has 2 N–H and O–H groups in total. The van der Waals surface area contributed by atoms with Crippen LogP contribution in [0.4, 0.5) is 5.69 Å². The summed E-state index contributed by atoms with van der Waals surface area (Å²) in [5.74, 6) is 0.122. The van der Waals surface area contributed by atoms with E-state index >= 15 is 0 Å². The summed E-state index contributed by atoms with van der Waals surface area (Å²) in [7, 11) is -2.07. The molecule has 4 aliphatic rings. The first kappa shape index (κ1) is 39.7. The van der Waals surface area contributed by atoms with Crippen LogP contribution in [0.25, 0.3) is 38.5 Å². The fourth-order valence-electron chi connectivity index (χ4n) is 9.36. The first-order valence-corrected chi connectivity index (χ1v) is 22.3. The van der Waals surface area contributed by atoms with Gasteiger partial charge >= 0.3 is 0 Å². The van der Waals surface area contributed by atoms with Crippen molar-refractivity contribution in [3.8, 4) is 34.3 Å². The maximum atomic E-state index is 12.6. The SMILES string of the molecule is [C-]#[N+]c1c2c(cc3nc(-c4cccc(-c5cccc6c5CC[C@@H]6Oc5nc(OC)c(CN6CC[C@@H](O)C6)cc5Cl)c4Cl)oc13)[C@H](N1CC[C@@H](C(=O)NS(C)(=O)=O)C1)CC2. The molecule has 2 saturated heterocycles. The molecule has 0 radical (unpaired) electrons. The molecule has 9 rings (SSSR count). The number of methoxy groups -OCH3 is 1. The average molecular weight is 858 g/mol. The number of nitrogens with zero attached hydrogens (tertiary/aromatic N) is 5. The number of benzene rings is 3. The number of oxazole rings is 1. The van der Waals surface area contributed by atoms with Gasteiger partial charge in [-0.25, -0.2) is 18.2 Å². The number of aliphatic hydroxyl groups is 1. The van der Waals surface area contributed by atoms with Gasteiger partial charge in [-0.3, -0.25) is 19.3 Å². The molecule has 1 amide bonds. The number of pyridine rings is 1. The molecular weight excluding hydrogens is 815 g/mol. The van der Waals surface area contributed by atoms with E-state index < -0.39 is 21.8 Å². The molecule has 0 unspecified atom stereocenters. The van der Waals surface area contributed by atoms with Gasteiger partial charge in [-0.1, -0.05) is 53.5 Å². The van der Waals surface area contributed by atoms with E-state index in [0.717, 1.165) is 71.0 Å². The zero-order valence-corrected chi connectivity index (χ0v) is 34.8. The van der Waals surface area contributed by atoms with Crippen molar-refractivity contribution in [1.29, 1.82) is 0 Å². The Morgan fingerprint density at radius 2 is 1.76 bits per heavy atom. The maximum absolute atomic E-state index is 12.6. The highest BCUT2D eigenvalue weighted by Gasteiger charge is 2.38. The lowest BCUT2D eigenvalue weighted by atomic mass is 9.95. The Hall–Kier alpha value is -4.75. The van der Waals surface area contributed by atoms with Gasteiger partial charge in [-0.05, 0) is 91.1 Å². The summed E-state index contributed by atoms with van der Waals surface area (Å²) in [4.78, 5) is 30.5. The molecule has 306 valence electrons. The Morgan fingerprint density at radius 1 is 0.983 bits per heavy atom. The van der Waals surface area contributed by atoms with Crippen LogP contribution in [0.2, 0.25) is 10.0 Å². The average Bonchev–Trinajstić information content (AvgIpc) is 4.05. The molecule has 2 aliphatic heterocycles. The van der Waals surface area contributed by atoms with Gasteiger partial charge in [0.2, 0.25) is 39.3 Å². The second kappa shape index (κ2) is 15.7. The number of aromatic nitrogens is 2. The quantitative estimate of drug-likeness (QED) is 0.135. The third-order valence-corrected chi connectivity index (χ3v) is 13.3. The predicted molar refractivity (Wildman–Crippen MR) is 223 cm³/mol. The van der Waals surface area contributed by atoms with Crippen molar-refractivity contribution in [3.05, 3.63) is 97.8 Å². The molecule has 4 atom stereocenters. The maximum Gasteiger partial charge on any atom is 0.237 e. The molecule has 59 heavy (non-hydrogen) atoms. The van der Waals surface area contributed by atoms with E-state index in [4.69, 9.17) is 48.6 Å². The van der Waals surface area contributed by atoms with Crippen LogP contribution >= 0.6 is 23.2 Å². The number of hydrogen-bond donors (Lipinski definition) is 2. The van der Waals surface area contributed by atoms with E-state index in [-0.39, 0.29) is 18.2 Å².